The molecular weight excluding hydrogens is 212 g/mol. The molecule has 2 rings (SSSR count). The Morgan fingerprint density at radius 2 is 2.27 bits per heavy atom. The summed E-state index contributed by atoms with van der Waals surface area (Å²) in [5.41, 5.74) is 5.27. The van der Waals surface area contributed by atoms with Gasteiger partial charge in [-0.3, -0.25) is 4.79 Å². The van der Waals surface area contributed by atoms with E-state index in [1.807, 2.05) is 5.38 Å². The summed E-state index contributed by atoms with van der Waals surface area (Å²) in [6, 6.07) is -0.461. The van der Waals surface area contributed by atoms with Gasteiger partial charge < -0.3 is 10.8 Å². The van der Waals surface area contributed by atoms with Gasteiger partial charge in [-0.1, -0.05) is 12.8 Å². The van der Waals surface area contributed by atoms with Crippen molar-refractivity contribution in [3.05, 3.63) is 16.6 Å². The Balaban J connectivity index is 2.29. The monoisotopic (exact) mass is 226 g/mol. The van der Waals surface area contributed by atoms with Crippen molar-refractivity contribution in [3.63, 3.8) is 0 Å². The highest BCUT2D eigenvalue weighted by molar-refractivity contribution is 7.09. The molecule has 0 aromatic carbocycles. The van der Waals surface area contributed by atoms with Crippen LogP contribution in [0.1, 0.15) is 36.7 Å². The number of carboxylic acid groups (broad SMARTS) is 1. The number of carboxylic acids is 1. The van der Waals surface area contributed by atoms with E-state index < -0.39 is 17.4 Å². The van der Waals surface area contributed by atoms with Gasteiger partial charge in [-0.05, 0) is 12.8 Å². The molecule has 1 aromatic rings. The molecule has 0 bridgehead atoms. The molecule has 0 amide bonds. The first-order chi connectivity index (χ1) is 7.17. The molecule has 0 spiro atoms. The van der Waals surface area contributed by atoms with E-state index in [1.54, 1.807) is 6.20 Å². The SMILES string of the molecule is NC(c1nccs1)C1(C(=O)O)CCCC1. The summed E-state index contributed by atoms with van der Waals surface area (Å²) in [7, 11) is 0. The van der Waals surface area contributed by atoms with E-state index >= 15 is 0 Å². The summed E-state index contributed by atoms with van der Waals surface area (Å²) in [6.07, 6.45) is 4.91. The number of thiazole rings is 1. The normalized spacial score (nSPS) is 21.4. The lowest BCUT2D eigenvalue weighted by Gasteiger charge is -2.29. The van der Waals surface area contributed by atoms with Crippen molar-refractivity contribution in [2.45, 2.75) is 31.7 Å². The molecule has 1 saturated carbocycles. The summed E-state index contributed by atoms with van der Waals surface area (Å²) in [4.78, 5) is 15.5. The van der Waals surface area contributed by atoms with E-state index in [0.717, 1.165) is 17.8 Å². The van der Waals surface area contributed by atoms with Crippen molar-refractivity contribution in [2.75, 3.05) is 0 Å². The number of nitrogens with two attached hydrogens (primary N) is 1. The Labute approximate surface area is 92.1 Å². The molecule has 1 atom stereocenters. The van der Waals surface area contributed by atoms with Crippen LogP contribution in [0.3, 0.4) is 0 Å². The minimum Gasteiger partial charge on any atom is -0.481 e. The number of carbonyl (C=O) groups is 1. The van der Waals surface area contributed by atoms with E-state index in [9.17, 15) is 9.90 Å². The van der Waals surface area contributed by atoms with Crippen molar-refractivity contribution < 1.29 is 9.90 Å². The topological polar surface area (TPSA) is 76.2 Å². The van der Waals surface area contributed by atoms with Crippen molar-refractivity contribution in [2.24, 2.45) is 11.1 Å². The highest BCUT2D eigenvalue weighted by Crippen LogP contribution is 2.46. The molecule has 1 unspecified atom stereocenters. The van der Waals surface area contributed by atoms with Gasteiger partial charge in [-0.2, -0.15) is 0 Å². The summed E-state index contributed by atoms with van der Waals surface area (Å²) in [5, 5.41) is 11.9. The van der Waals surface area contributed by atoms with Crippen molar-refractivity contribution in [1.82, 2.24) is 4.98 Å². The second-order valence-corrected chi connectivity index (χ2v) is 4.94. The van der Waals surface area contributed by atoms with E-state index in [2.05, 4.69) is 4.98 Å². The maximum atomic E-state index is 11.4. The predicted octanol–water partition coefficient (Wildman–Crippen LogP) is 1.79. The van der Waals surface area contributed by atoms with Crippen molar-refractivity contribution in [3.8, 4) is 0 Å². The fraction of sp³-hybridized carbons (Fsp3) is 0.600. The standard InChI is InChI=1S/C10H14N2O2S/c11-7(8-12-5-6-15-8)10(9(13)14)3-1-2-4-10/h5-7H,1-4,11H2,(H,13,14). The van der Waals surface area contributed by atoms with Crippen LogP contribution in [0.25, 0.3) is 0 Å². The lowest BCUT2D eigenvalue weighted by Crippen LogP contribution is -2.39. The van der Waals surface area contributed by atoms with Gasteiger partial charge in [-0.25, -0.2) is 4.98 Å². The van der Waals surface area contributed by atoms with Crippen LogP contribution < -0.4 is 5.73 Å². The first-order valence-electron chi connectivity index (χ1n) is 5.05. The zero-order chi connectivity index (χ0) is 10.9. The Morgan fingerprint density at radius 1 is 1.60 bits per heavy atom. The van der Waals surface area contributed by atoms with Crippen LogP contribution in [-0.4, -0.2) is 16.1 Å². The molecule has 1 fully saturated rings. The van der Waals surface area contributed by atoms with Crippen LogP contribution in [0, 0.1) is 5.41 Å². The van der Waals surface area contributed by atoms with Crippen molar-refractivity contribution >= 4 is 17.3 Å². The predicted molar refractivity (Wildman–Crippen MR) is 57.6 cm³/mol. The zero-order valence-corrected chi connectivity index (χ0v) is 9.17. The van der Waals surface area contributed by atoms with E-state index in [-0.39, 0.29) is 0 Å². The van der Waals surface area contributed by atoms with E-state index in [4.69, 9.17) is 5.73 Å². The highest BCUT2D eigenvalue weighted by atomic mass is 32.1. The number of rotatable bonds is 3. The summed E-state index contributed by atoms with van der Waals surface area (Å²) in [5.74, 6) is -0.775. The molecule has 5 heteroatoms. The molecule has 1 aromatic heterocycles. The van der Waals surface area contributed by atoms with Crippen LogP contribution in [0.15, 0.2) is 11.6 Å². The average Bonchev–Trinajstić information content (AvgIpc) is 2.89. The molecular formula is C10H14N2O2S. The molecule has 15 heavy (non-hydrogen) atoms. The minimum absolute atomic E-state index is 0.461. The summed E-state index contributed by atoms with van der Waals surface area (Å²) < 4.78 is 0. The first kappa shape index (κ1) is 10.6. The second-order valence-electron chi connectivity index (χ2n) is 4.02. The second kappa shape index (κ2) is 3.90. The number of aromatic nitrogens is 1. The van der Waals surface area contributed by atoms with Crippen LogP contribution in [0.5, 0.6) is 0 Å². The maximum Gasteiger partial charge on any atom is 0.311 e. The van der Waals surface area contributed by atoms with Crippen LogP contribution >= 0.6 is 11.3 Å². The van der Waals surface area contributed by atoms with E-state index in [0.29, 0.717) is 12.8 Å². The third-order valence-electron chi connectivity index (χ3n) is 3.23. The summed E-state index contributed by atoms with van der Waals surface area (Å²) >= 11 is 1.43. The van der Waals surface area contributed by atoms with Crippen LogP contribution in [0.2, 0.25) is 0 Å². The number of aliphatic carboxylic acids is 1. The Hall–Kier alpha value is -0.940. The molecule has 0 saturated heterocycles. The third kappa shape index (κ3) is 1.66. The Kier molecular flexibility index (Phi) is 2.75. The van der Waals surface area contributed by atoms with Crippen molar-refractivity contribution in [1.29, 1.82) is 0 Å². The molecule has 1 aliphatic rings. The lowest BCUT2D eigenvalue weighted by molar-refractivity contribution is -0.150. The number of hydrogen-bond acceptors (Lipinski definition) is 4. The van der Waals surface area contributed by atoms with Gasteiger partial charge in [0, 0.05) is 11.6 Å². The van der Waals surface area contributed by atoms with E-state index in [1.165, 1.54) is 11.3 Å². The fourth-order valence-electron chi connectivity index (χ4n) is 2.29. The number of hydrogen-bond donors (Lipinski definition) is 2. The van der Waals surface area contributed by atoms with Gasteiger partial charge in [0.25, 0.3) is 0 Å². The van der Waals surface area contributed by atoms with Gasteiger partial charge in [0.1, 0.15) is 5.01 Å². The van der Waals surface area contributed by atoms with Crippen LogP contribution in [0.4, 0.5) is 0 Å². The third-order valence-corrected chi connectivity index (χ3v) is 4.09. The molecule has 3 N–H and O–H groups in total. The molecule has 82 valence electrons. The zero-order valence-electron chi connectivity index (χ0n) is 8.35. The minimum atomic E-state index is -0.780. The molecule has 0 radical (unpaired) electrons. The van der Waals surface area contributed by atoms with Gasteiger partial charge in [0.2, 0.25) is 0 Å². The first-order valence-corrected chi connectivity index (χ1v) is 5.93. The Bertz CT molecular complexity index is 344. The van der Waals surface area contributed by atoms with Crippen LogP contribution in [-0.2, 0) is 4.79 Å². The van der Waals surface area contributed by atoms with Gasteiger partial charge in [-0.15, -0.1) is 11.3 Å². The smallest absolute Gasteiger partial charge is 0.311 e. The summed E-state index contributed by atoms with van der Waals surface area (Å²) in [6.45, 7) is 0. The largest absolute Gasteiger partial charge is 0.481 e. The highest BCUT2D eigenvalue weighted by Gasteiger charge is 2.47. The fourth-order valence-corrected chi connectivity index (χ4v) is 3.04. The lowest BCUT2D eigenvalue weighted by atomic mass is 9.79. The van der Waals surface area contributed by atoms with Gasteiger partial charge in [0.15, 0.2) is 0 Å². The van der Waals surface area contributed by atoms with Gasteiger partial charge >= 0.3 is 5.97 Å². The Morgan fingerprint density at radius 3 is 2.73 bits per heavy atom. The average molecular weight is 226 g/mol. The number of nitrogens with zero attached hydrogens (tertiary/aromatic N) is 1. The molecule has 1 aliphatic carbocycles. The molecule has 1 heterocycles. The molecule has 0 aliphatic heterocycles. The maximum absolute atomic E-state index is 11.4. The quantitative estimate of drug-likeness (QED) is 0.823. The van der Waals surface area contributed by atoms with Gasteiger partial charge in [0.05, 0.1) is 11.5 Å². The molecule has 4 nitrogen and oxygen atoms in total.